The van der Waals surface area contributed by atoms with Crippen molar-refractivity contribution in [2.75, 3.05) is 36.4 Å². The fourth-order valence-electron chi connectivity index (χ4n) is 2.56. The maximum Gasteiger partial charge on any atom is 0.238 e. The van der Waals surface area contributed by atoms with Crippen molar-refractivity contribution < 1.29 is 9.59 Å². The molecule has 1 aliphatic rings. The Kier molecular flexibility index (Phi) is 5.33. The Labute approximate surface area is 125 Å². The van der Waals surface area contributed by atoms with E-state index in [1.54, 1.807) is 4.90 Å². The SMILES string of the molecule is CCN(CC)CC(=O)Nc1ccccc1N1CCCC1=O. The number of hydrogen-bond donors (Lipinski definition) is 1. The van der Waals surface area contributed by atoms with Crippen molar-refractivity contribution in [2.45, 2.75) is 26.7 Å². The number of carbonyl (C=O) groups excluding carboxylic acids is 2. The molecule has 2 amide bonds. The van der Waals surface area contributed by atoms with Crippen LogP contribution in [0, 0.1) is 0 Å². The van der Waals surface area contributed by atoms with Gasteiger partial charge in [0.05, 0.1) is 17.9 Å². The molecule has 0 bridgehead atoms. The minimum absolute atomic E-state index is 0.0437. The highest BCUT2D eigenvalue weighted by Gasteiger charge is 2.24. The van der Waals surface area contributed by atoms with Crippen molar-refractivity contribution in [3.63, 3.8) is 0 Å². The smallest absolute Gasteiger partial charge is 0.238 e. The molecule has 1 saturated heterocycles. The van der Waals surface area contributed by atoms with Gasteiger partial charge < -0.3 is 10.2 Å². The average Bonchev–Trinajstić information content (AvgIpc) is 2.91. The second-order valence-electron chi connectivity index (χ2n) is 5.18. The Balaban J connectivity index is 2.10. The third-order valence-corrected chi connectivity index (χ3v) is 3.80. The quantitative estimate of drug-likeness (QED) is 0.872. The van der Waals surface area contributed by atoms with Crippen LogP contribution in [-0.4, -0.2) is 42.9 Å². The van der Waals surface area contributed by atoms with E-state index in [4.69, 9.17) is 0 Å². The van der Waals surface area contributed by atoms with Crippen LogP contribution in [0.2, 0.25) is 0 Å². The van der Waals surface area contributed by atoms with Gasteiger partial charge in [-0.3, -0.25) is 14.5 Å². The molecule has 0 saturated carbocycles. The van der Waals surface area contributed by atoms with Crippen LogP contribution in [0.4, 0.5) is 11.4 Å². The van der Waals surface area contributed by atoms with Crippen LogP contribution in [0.15, 0.2) is 24.3 Å². The van der Waals surface area contributed by atoms with Gasteiger partial charge in [0.2, 0.25) is 11.8 Å². The first-order chi connectivity index (χ1) is 10.2. The van der Waals surface area contributed by atoms with Crippen LogP contribution in [0.1, 0.15) is 26.7 Å². The van der Waals surface area contributed by atoms with Gasteiger partial charge >= 0.3 is 0 Å². The van der Waals surface area contributed by atoms with Crippen molar-refractivity contribution in [2.24, 2.45) is 0 Å². The summed E-state index contributed by atoms with van der Waals surface area (Å²) in [6, 6.07) is 7.50. The second kappa shape index (κ2) is 7.22. The van der Waals surface area contributed by atoms with Crippen LogP contribution < -0.4 is 10.2 Å². The van der Waals surface area contributed by atoms with E-state index >= 15 is 0 Å². The summed E-state index contributed by atoms with van der Waals surface area (Å²) in [5, 5.41) is 2.93. The first-order valence-electron chi connectivity index (χ1n) is 7.57. The zero-order valence-electron chi connectivity index (χ0n) is 12.8. The summed E-state index contributed by atoms with van der Waals surface area (Å²) in [4.78, 5) is 27.8. The van der Waals surface area contributed by atoms with Gasteiger partial charge in [0.1, 0.15) is 0 Å². The molecule has 0 aromatic heterocycles. The summed E-state index contributed by atoms with van der Waals surface area (Å²) >= 11 is 0. The van der Waals surface area contributed by atoms with Gasteiger partial charge in [0.15, 0.2) is 0 Å². The Morgan fingerprint density at radius 1 is 1.29 bits per heavy atom. The summed E-state index contributed by atoms with van der Waals surface area (Å²) in [6.07, 6.45) is 1.46. The van der Waals surface area contributed by atoms with Crippen molar-refractivity contribution in [1.29, 1.82) is 0 Å². The minimum atomic E-state index is -0.0437. The molecule has 5 heteroatoms. The molecular formula is C16H23N3O2. The van der Waals surface area contributed by atoms with Crippen LogP contribution in [0.5, 0.6) is 0 Å². The number of amides is 2. The molecule has 1 aromatic carbocycles. The summed E-state index contributed by atoms with van der Waals surface area (Å²) in [7, 11) is 0. The topological polar surface area (TPSA) is 52.7 Å². The predicted octanol–water partition coefficient (Wildman–Crippen LogP) is 2.09. The van der Waals surface area contributed by atoms with Gasteiger partial charge in [-0.2, -0.15) is 0 Å². The molecule has 5 nitrogen and oxygen atoms in total. The highest BCUT2D eigenvalue weighted by atomic mass is 16.2. The molecule has 0 aliphatic carbocycles. The minimum Gasteiger partial charge on any atom is -0.323 e. The Bertz CT molecular complexity index is 512. The van der Waals surface area contributed by atoms with E-state index in [0.29, 0.717) is 18.7 Å². The first-order valence-corrected chi connectivity index (χ1v) is 7.57. The van der Waals surface area contributed by atoms with Crippen LogP contribution >= 0.6 is 0 Å². The van der Waals surface area contributed by atoms with Crippen molar-refractivity contribution in [1.82, 2.24) is 4.90 Å². The summed E-state index contributed by atoms with van der Waals surface area (Å²) in [5.41, 5.74) is 1.51. The zero-order chi connectivity index (χ0) is 15.2. The number of carbonyl (C=O) groups is 2. The van der Waals surface area contributed by atoms with E-state index in [2.05, 4.69) is 10.2 Å². The number of nitrogens with one attached hydrogen (secondary N) is 1. The largest absolute Gasteiger partial charge is 0.323 e. The molecule has 0 atom stereocenters. The van der Waals surface area contributed by atoms with Gasteiger partial charge in [-0.1, -0.05) is 26.0 Å². The molecule has 0 radical (unpaired) electrons. The van der Waals surface area contributed by atoms with Gasteiger partial charge in [-0.25, -0.2) is 0 Å². The summed E-state index contributed by atoms with van der Waals surface area (Å²) < 4.78 is 0. The molecule has 1 heterocycles. The Morgan fingerprint density at radius 2 is 2.00 bits per heavy atom. The van der Waals surface area contributed by atoms with Crippen LogP contribution in [0.3, 0.4) is 0 Å². The first kappa shape index (κ1) is 15.5. The molecule has 1 fully saturated rings. The fourth-order valence-corrected chi connectivity index (χ4v) is 2.56. The number of likely N-dealkylation sites (N-methyl/N-ethyl adjacent to an activating group) is 1. The number of benzene rings is 1. The van der Waals surface area contributed by atoms with E-state index in [0.717, 1.165) is 31.7 Å². The van der Waals surface area contributed by atoms with Crippen molar-refractivity contribution >= 4 is 23.2 Å². The Hall–Kier alpha value is -1.88. The van der Waals surface area contributed by atoms with Crippen molar-refractivity contribution in [3.8, 4) is 0 Å². The summed E-state index contributed by atoms with van der Waals surface area (Å²) in [5.74, 6) is 0.0817. The third-order valence-electron chi connectivity index (χ3n) is 3.80. The number of rotatable bonds is 6. The standard InChI is InChI=1S/C16H23N3O2/c1-3-18(4-2)12-15(20)17-13-8-5-6-9-14(13)19-11-7-10-16(19)21/h5-6,8-9H,3-4,7,10-12H2,1-2H3,(H,17,20). The molecule has 2 rings (SSSR count). The Morgan fingerprint density at radius 3 is 2.62 bits per heavy atom. The van der Waals surface area contributed by atoms with Gasteiger partial charge in [-0.05, 0) is 31.6 Å². The lowest BCUT2D eigenvalue weighted by Gasteiger charge is -2.21. The number of hydrogen-bond acceptors (Lipinski definition) is 3. The van der Waals surface area contributed by atoms with E-state index in [1.807, 2.05) is 38.1 Å². The number of anilines is 2. The van der Waals surface area contributed by atoms with E-state index in [-0.39, 0.29) is 11.8 Å². The number of para-hydroxylation sites is 2. The molecule has 0 spiro atoms. The van der Waals surface area contributed by atoms with Gasteiger partial charge in [0.25, 0.3) is 0 Å². The van der Waals surface area contributed by atoms with Crippen LogP contribution in [-0.2, 0) is 9.59 Å². The maximum absolute atomic E-state index is 12.1. The highest BCUT2D eigenvalue weighted by Crippen LogP contribution is 2.29. The molecule has 1 aliphatic heterocycles. The maximum atomic E-state index is 12.1. The van der Waals surface area contributed by atoms with Gasteiger partial charge in [-0.15, -0.1) is 0 Å². The summed E-state index contributed by atoms with van der Waals surface area (Å²) in [6.45, 7) is 6.85. The molecule has 0 unspecified atom stereocenters. The van der Waals surface area contributed by atoms with Gasteiger partial charge in [0, 0.05) is 13.0 Å². The monoisotopic (exact) mass is 289 g/mol. The molecule has 1 N–H and O–H groups in total. The van der Waals surface area contributed by atoms with Crippen LogP contribution in [0.25, 0.3) is 0 Å². The second-order valence-corrected chi connectivity index (χ2v) is 5.18. The normalized spacial score (nSPS) is 14.8. The molecule has 21 heavy (non-hydrogen) atoms. The molecule has 114 valence electrons. The number of nitrogens with zero attached hydrogens (tertiary/aromatic N) is 2. The lowest BCUT2D eigenvalue weighted by Crippen LogP contribution is -2.33. The lowest BCUT2D eigenvalue weighted by molar-refractivity contribution is -0.118. The lowest BCUT2D eigenvalue weighted by atomic mass is 10.2. The molecule has 1 aromatic rings. The molecular weight excluding hydrogens is 266 g/mol. The van der Waals surface area contributed by atoms with E-state index in [1.165, 1.54) is 0 Å². The average molecular weight is 289 g/mol. The van der Waals surface area contributed by atoms with E-state index < -0.39 is 0 Å². The zero-order valence-corrected chi connectivity index (χ0v) is 12.8. The van der Waals surface area contributed by atoms with Crippen molar-refractivity contribution in [3.05, 3.63) is 24.3 Å². The fraction of sp³-hybridized carbons (Fsp3) is 0.500. The highest BCUT2D eigenvalue weighted by molar-refractivity contribution is 6.02. The predicted molar refractivity (Wildman–Crippen MR) is 84.4 cm³/mol. The van der Waals surface area contributed by atoms with E-state index in [9.17, 15) is 9.59 Å². The third kappa shape index (κ3) is 3.82.